The van der Waals surface area contributed by atoms with E-state index in [0.29, 0.717) is 12.5 Å². The summed E-state index contributed by atoms with van der Waals surface area (Å²) in [6.45, 7) is 6.27. The van der Waals surface area contributed by atoms with E-state index in [1.54, 1.807) is 6.20 Å². The average molecular weight is 431 g/mol. The quantitative estimate of drug-likeness (QED) is 0.634. The molecular weight excluding hydrogens is 400 g/mol. The molecule has 2 aliphatic heterocycles. The molecule has 0 radical (unpaired) electrons. The van der Waals surface area contributed by atoms with Crippen LogP contribution in [0.25, 0.3) is 22.0 Å². The van der Waals surface area contributed by atoms with Crippen molar-refractivity contribution in [3.05, 3.63) is 54.5 Å². The summed E-state index contributed by atoms with van der Waals surface area (Å²) >= 11 is 0. The minimum atomic E-state index is 0.179. The van der Waals surface area contributed by atoms with E-state index in [-0.39, 0.29) is 5.91 Å². The Kier molecular flexibility index (Phi) is 6.10. The number of nitrogens with zero attached hydrogens (tertiary/aromatic N) is 6. The third-order valence-corrected chi connectivity index (χ3v) is 6.85. The molecule has 1 amide bonds. The van der Waals surface area contributed by atoms with Crippen molar-refractivity contribution in [2.24, 2.45) is 0 Å². The Labute approximate surface area is 189 Å². The summed E-state index contributed by atoms with van der Waals surface area (Å²) in [6, 6.07) is 12.7. The highest BCUT2D eigenvalue weighted by Gasteiger charge is 2.28. The number of likely N-dealkylation sites (tertiary alicyclic amines) is 1. The first-order valence-corrected chi connectivity index (χ1v) is 11.5. The zero-order valence-corrected chi connectivity index (χ0v) is 18.7. The Morgan fingerprint density at radius 2 is 1.81 bits per heavy atom. The number of fused-ring (bicyclic) bond motifs is 1. The second-order valence-corrected chi connectivity index (χ2v) is 8.97. The van der Waals surface area contributed by atoms with Gasteiger partial charge in [-0.1, -0.05) is 12.1 Å². The first-order valence-electron chi connectivity index (χ1n) is 11.5. The first kappa shape index (κ1) is 21.0. The molecule has 2 saturated heterocycles. The molecule has 2 fully saturated rings. The molecule has 0 N–H and O–H groups in total. The van der Waals surface area contributed by atoms with E-state index in [2.05, 4.69) is 38.1 Å². The molecule has 1 aromatic carbocycles. The second-order valence-electron chi connectivity index (χ2n) is 8.97. The van der Waals surface area contributed by atoms with E-state index >= 15 is 0 Å². The van der Waals surface area contributed by atoms with Crippen LogP contribution in [0.15, 0.2) is 48.8 Å². The van der Waals surface area contributed by atoms with Gasteiger partial charge in [-0.25, -0.2) is 0 Å². The van der Waals surface area contributed by atoms with E-state index in [4.69, 9.17) is 0 Å². The lowest BCUT2D eigenvalue weighted by atomic mass is 10.0. The van der Waals surface area contributed by atoms with Gasteiger partial charge in [0.15, 0.2) is 0 Å². The lowest BCUT2D eigenvalue weighted by Gasteiger charge is -2.42. The number of carbonyl (C=O) groups is 1. The number of piperazine rings is 1. The molecule has 0 spiro atoms. The molecule has 0 saturated carbocycles. The predicted octanol–water partition coefficient (Wildman–Crippen LogP) is 2.47. The molecule has 4 heterocycles. The molecule has 0 atom stereocenters. The van der Waals surface area contributed by atoms with Crippen molar-refractivity contribution in [1.29, 1.82) is 0 Å². The zero-order valence-electron chi connectivity index (χ0n) is 18.7. The zero-order chi connectivity index (χ0) is 21.9. The maximum Gasteiger partial charge on any atom is 0.228 e. The summed E-state index contributed by atoms with van der Waals surface area (Å²) in [4.78, 5) is 24.5. The normalized spacial score (nSPS) is 18.8. The van der Waals surface area contributed by atoms with Crippen molar-refractivity contribution in [1.82, 2.24) is 29.9 Å². The second kappa shape index (κ2) is 9.30. The van der Waals surface area contributed by atoms with Gasteiger partial charge in [0.2, 0.25) is 5.91 Å². The number of benzene rings is 1. The monoisotopic (exact) mass is 430 g/mol. The van der Waals surface area contributed by atoms with Crippen molar-refractivity contribution in [2.75, 3.05) is 46.3 Å². The maximum absolute atomic E-state index is 13.0. The van der Waals surface area contributed by atoms with Crippen molar-refractivity contribution in [2.45, 2.75) is 25.3 Å². The topological polar surface area (TPSA) is 65.5 Å². The van der Waals surface area contributed by atoms with Gasteiger partial charge in [-0.15, -0.1) is 0 Å². The van der Waals surface area contributed by atoms with E-state index in [0.717, 1.165) is 79.8 Å². The highest BCUT2D eigenvalue weighted by molar-refractivity contribution is 5.87. The number of hydrogen-bond donors (Lipinski definition) is 0. The Balaban J connectivity index is 1.22. The lowest BCUT2D eigenvalue weighted by Crippen LogP contribution is -2.53. The van der Waals surface area contributed by atoms with Crippen molar-refractivity contribution < 1.29 is 4.79 Å². The van der Waals surface area contributed by atoms with Crippen molar-refractivity contribution >= 4 is 16.7 Å². The molecule has 0 unspecified atom stereocenters. The molecule has 5 rings (SSSR count). The van der Waals surface area contributed by atoms with Crippen LogP contribution in [-0.4, -0.2) is 88.1 Å². The smallest absolute Gasteiger partial charge is 0.228 e. The van der Waals surface area contributed by atoms with Gasteiger partial charge in [0.05, 0.1) is 17.8 Å². The molecule has 0 bridgehead atoms. The van der Waals surface area contributed by atoms with E-state index in [9.17, 15) is 4.79 Å². The molecule has 7 nitrogen and oxygen atoms in total. The first-order chi connectivity index (χ1) is 15.7. The predicted molar refractivity (Wildman–Crippen MR) is 125 cm³/mol. The number of likely N-dealkylation sites (N-methyl/N-ethyl adjacent to an activating group) is 1. The summed E-state index contributed by atoms with van der Waals surface area (Å²) < 4.78 is 0. The molecule has 166 valence electrons. The van der Waals surface area contributed by atoms with Crippen LogP contribution in [0.5, 0.6) is 0 Å². The molecule has 2 aliphatic rings. The number of hydrogen-bond acceptors (Lipinski definition) is 6. The van der Waals surface area contributed by atoms with Gasteiger partial charge in [-0.2, -0.15) is 10.2 Å². The maximum atomic E-state index is 13.0. The Morgan fingerprint density at radius 3 is 2.56 bits per heavy atom. The van der Waals surface area contributed by atoms with Crippen LogP contribution in [0.2, 0.25) is 0 Å². The lowest BCUT2D eigenvalue weighted by molar-refractivity contribution is -0.132. The van der Waals surface area contributed by atoms with Gasteiger partial charge in [0.1, 0.15) is 0 Å². The summed E-state index contributed by atoms with van der Waals surface area (Å²) in [6.07, 6.45) is 6.03. The average Bonchev–Trinajstić information content (AvgIpc) is 2.85. The van der Waals surface area contributed by atoms with Gasteiger partial charge in [0, 0.05) is 68.7 Å². The fourth-order valence-corrected chi connectivity index (χ4v) is 4.83. The van der Waals surface area contributed by atoms with E-state index in [1.807, 2.05) is 41.4 Å². The van der Waals surface area contributed by atoms with Crippen LogP contribution in [0.1, 0.15) is 18.5 Å². The number of rotatable bonds is 4. The van der Waals surface area contributed by atoms with Gasteiger partial charge >= 0.3 is 0 Å². The molecular formula is C25H30N6O. The van der Waals surface area contributed by atoms with Crippen LogP contribution < -0.4 is 0 Å². The minimum absolute atomic E-state index is 0.179. The van der Waals surface area contributed by atoms with Crippen LogP contribution in [-0.2, 0) is 11.2 Å². The van der Waals surface area contributed by atoms with Gasteiger partial charge in [0.25, 0.3) is 0 Å². The van der Waals surface area contributed by atoms with E-state index in [1.165, 1.54) is 0 Å². The number of aromatic nitrogens is 3. The molecule has 3 aromatic rings. The van der Waals surface area contributed by atoms with Gasteiger partial charge in [-0.3, -0.25) is 14.7 Å². The van der Waals surface area contributed by atoms with Crippen LogP contribution in [0.4, 0.5) is 0 Å². The Hall–Kier alpha value is -2.90. The van der Waals surface area contributed by atoms with Gasteiger partial charge < -0.3 is 9.80 Å². The molecule has 0 aliphatic carbocycles. The van der Waals surface area contributed by atoms with Crippen molar-refractivity contribution in [3.63, 3.8) is 0 Å². The Morgan fingerprint density at radius 1 is 1.00 bits per heavy atom. The largest absolute Gasteiger partial charge is 0.342 e. The number of carbonyl (C=O) groups excluding carboxylic acids is 1. The summed E-state index contributed by atoms with van der Waals surface area (Å²) in [5.41, 5.74) is 2.67. The fraction of sp³-hybridized carbons (Fsp3) is 0.440. The number of pyridine rings is 1. The van der Waals surface area contributed by atoms with E-state index < -0.39 is 0 Å². The standard InChI is InChI=1S/C25H30N6O/c1-29-11-13-30(14-12-29)23-6-9-31(10-7-23)25(32)17-22-16-21-15-19(4-5-20(21)18-26-22)24-3-2-8-27-28-24/h2-5,8,15-16,18,23H,6-7,9-14,17H2,1H3. The fourth-order valence-electron chi connectivity index (χ4n) is 4.83. The summed E-state index contributed by atoms with van der Waals surface area (Å²) in [7, 11) is 2.19. The van der Waals surface area contributed by atoms with Gasteiger partial charge in [-0.05, 0) is 49.5 Å². The summed E-state index contributed by atoms with van der Waals surface area (Å²) in [5.74, 6) is 0.179. The molecule has 32 heavy (non-hydrogen) atoms. The Bertz CT molecular complexity index is 1070. The number of amides is 1. The highest BCUT2D eigenvalue weighted by atomic mass is 16.2. The van der Waals surface area contributed by atoms with Crippen LogP contribution in [0, 0.1) is 0 Å². The van der Waals surface area contributed by atoms with Crippen LogP contribution in [0.3, 0.4) is 0 Å². The number of piperidine rings is 1. The van der Waals surface area contributed by atoms with Crippen LogP contribution >= 0.6 is 0 Å². The molecule has 7 heteroatoms. The third kappa shape index (κ3) is 4.64. The molecule has 2 aromatic heterocycles. The SMILES string of the molecule is CN1CCN(C2CCN(C(=O)Cc3cc4cc(-c5cccnn5)ccc4cn3)CC2)CC1. The summed E-state index contributed by atoms with van der Waals surface area (Å²) in [5, 5.41) is 10.3. The van der Waals surface area contributed by atoms with Crippen molar-refractivity contribution in [3.8, 4) is 11.3 Å². The highest BCUT2D eigenvalue weighted by Crippen LogP contribution is 2.23. The minimum Gasteiger partial charge on any atom is -0.342 e. The third-order valence-electron chi connectivity index (χ3n) is 6.85.